The Bertz CT molecular complexity index is 434. The molecule has 0 heterocycles. The first kappa shape index (κ1) is 16.2. The number of carbonyl (C=O) groups excluding carboxylic acids is 2. The minimum absolute atomic E-state index is 0.0193. The van der Waals surface area contributed by atoms with E-state index in [1.54, 1.807) is 17.0 Å². The second-order valence-electron chi connectivity index (χ2n) is 4.93. The Morgan fingerprint density at radius 2 is 1.60 bits per heavy atom. The van der Waals surface area contributed by atoms with Gasteiger partial charge in [-0.05, 0) is 31.9 Å². The standard InChI is InChI=1S/C16H24N2O2/c1-4-10-18(11-5-2)15(19)12-17-16(20)14-8-6-13(3)7-9-14/h6-9H,4-5,10-12H2,1-3H3,(H,17,20). The van der Waals surface area contributed by atoms with E-state index in [1.807, 2.05) is 32.9 Å². The van der Waals surface area contributed by atoms with Crippen LogP contribution in [0, 0.1) is 6.92 Å². The molecule has 0 unspecified atom stereocenters. The fraction of sp³-hybridized carbons (Fsp3) is 0.500. The van der Waals surface area contributed by atoms with Gasteiger partial charge in [0.05, 0.1) is 6.54 Å². The van der Waals surface area contributed by atoms with Gasteiger partial charge in [0, 0.05) is 18.7 Å². The van der Waals surface area contributed by atoms with Crippen LogP contribution in [0.3, 0.4) is 0 Å². The minimum Gasteiger partial charge on any atom is -0.343 e. The third kappa shape index (κ3) is 5.03. The summed E-state index contributed by atoms with van der Waals surface area (Å²) in [6.45, 7) is 7.60. The summed E-state index contributed by atoms with van der Waals surface area (Å²) >= 11 is 0. The Balaban J connectivity index is 2.50. The van der Waals surface area contributed by atoms with Crippen LogP contribution in [0.1, 0.15) is 42.6 Å². The van der Waals surface area contributed by atoms with Crippen LogP contribution in [0.5, 0.6) is 0 Å². The number of benzene rings is 1. The molecule has 1 aromatic rings. The molecule has 0 aliphatic carbocycles. The Morgan fingerprint density at radius 3 is 2.10 bits per heavy atom. The third-order valence-electron chi connectivity index (χ3n) is 3.05. The van der Waals surface area contributed by atoms with E-state index in [9.17, 15) is 9.59 Å². The van der Waals surface area contributed by atoms with E-state index >= 15 is 0 Å². The van der Waals surface area contributed by atoms with Crippen molar-refractivity contribution in [1.82, 2.24) is 10.2 Å². The molecule has 1 rings (SSSR count). The molecule has 0 bridgehead atoms. The van der Waals surface area contributed by atoms with Gasteiger partial charge in [0.1, 0.15) is 0 Å². The fourth-order valence-corrected chi connectivity index (χ4v) is 1.98. The minimum atomic E-state index is -0.203. The molecule has 1 N–H and O–H groups in total. The number of carbonyl (C=O) groups is 2. The molecule has 4 heteroatoms. The van der Waals surface area contributed by atoms with E-state index in [4.69, 9.17) is 0 Å². The average Bonchev–Trinajstić information content (AvgIpc) is 2.45. The van der Waals surface area contributed by atoms with Gasteiger partial charge in [0.15, 0.2) is 0 Å². The maximum Gasteiger partial charge on any atom is 0.251 e. The van der Waals surface area contributed by atoms with Gasteiger partial charge in [-0.15, -0.1) is 0 Å². The van der Waals surface area contributed by atoms with Crippen LogP contribution in [0.2, 0.25) is 0 Å². The lowest BCUT2D eigenvalue weighted by atomic mass is 10.1. The summed E-state index contributed by atoms with van der Waals surface area (Å²) in [6.07, 6.45) is 1.86. The zero-order valence-electron chi connectivity index (χ0n) is 12.6. The summed E-state index contributed by atoms with van der Waals surface area (Å²) in [7, 11) is 0. The monoisotopic (exact) mass is 276 g/mol. The quantitative estimate of drug-likeness (QED) is 0.831. The van der Waals surface area contributed by atoms with E-state index < -0.39 is 0 Å². The molecule has 0 radical (unpaired) electrons. The van der Waals surface area contributed by atoms with Crippen molar-refractivity contribution in [3.05, 3.63) is 35.4 Å². The first-order valence-electron chi connectivity index (χ1n) is 7.21. The fourth-order valence-electron chi connectivity index (χ4n) is 1.98. The van der Waals surface area contributed by atoms with Crippen molar-refractivity contribution in [3.63, 3.8) is 0 Å². The predicted octanol–water partition coefficient (Wildman–Crippen LogP) is 2.37. The molecule has 0 atom stereocenters. The summed E-state index contributed by atoms with van der Waals surface area (Å²) in [5, 5.41) is 2.69. The smallest absolute Gasteiger partial charge is 0.251 e. The molecule has 0 spiro atoms. The summed E-state index contributed by atoms with van der Waals surface area (Å²) in [5.41, 5.74) is 1.69. The lowest BCUT2D eigenvalue weighted by Gasteiger charge is -2.21. The van der Waals surface area contributed by atoms with Crippen LogP contribution in [-0.2, 0) is 4.79 Å². The lowest BCUT2D eigenvalue weighted by Crippen LogP contribution is -2.40. The zero-order chi connectivity index (χ0) is 15.0. The molecular weight excluding hydrogens is 252 g/mol. The topological polar surface area (TPSA) is 49.4 Å². The number of hydrogen-bond acceptors (Lipinski definition) is 2. The Labute approximate surface area is 121 Å². The SMILES string of the molecule is CCCN(CCC)C(=O)CNC(=O)c1ccc(C)cc1. The molecule has 0 aromatic heterocycles. The molecule has 2 amide bonds. The summed E-state index contributed by atoms with van der Waals surface area (Å²) in [5.74, 6) is -0.222. The highest BCUT2D eigenvalue weighted by molar-refractivity contribution is 5.96. The number of hydrogen-bond donors (Lipinski definition) is 1. The average molecular weight is 276 g/mol. The molecular formula is C16H24N2O2. The molecule has 4 nitrogen and oxygen atoms in total. The van der Waals surface area contributed by atoms with Crippen LogP contribution in [0.4, 0.5) is 0 Å². The van der Waals surface area contributed by atoms with E-state index in [2.05, 4.69) is 5.32 Å². The van der Waals surface area contributed by atoms with Crippen molar-refractivity contribution in [2.75, 3.05) is 19.6 Å². The number of aryl methyl sites for hydroxylation is 1. The molecule has 1 aromatic carbocycles. The van der Waals surface area contributed by atoms with E-state index in [0.717, 1.165) is 31.5 Å². The van der Waals surface area contributed by atoms with Crippen molar-refractivity contribution in [3.8, 4) is 0 Å². The summed E-state index contributed by atoms with van der Waals surface area (Å²) < 4.78 is 0. The maximum absolute atomic E-state index is 12.0. The van der Waals surface area contributed by atoms with Crippen LogP contribution in [0.15, 0.2) is 24.3 Å². The normalized spacial score (nSPS) is 10.2. The molecule has 0 aliphatic rings. The van der Waals surface area contributed by atoms with Crippen LogP contribution in [-0.4, -0.2) is 36.3 Å². The molecule has 0 saturated heterocycles. The molecule has 0 saturated carbocycles. The number of rotatable bonds is 7. The highest BCUT2D eigenvalue weighted by Crippen LogP contribution is 2.03. The number of amides is 2. The van der Waals surface area contributed by atoms with Gasteiger partial charge in [-0.3, -0.25) is 9.59 Å². The van der Waals surface area contributed by atoms with Crippen LogP contribution in [0.25, 0.3) is 0 Å². The largest absolute Gasteiger partial charge is 0.343 e. The van der Waals surface area contributed by atoms with Crippen LogP contribution < -0.4 is 5.32 Å². The molecule has 110 valence electrons. The van der Waals surface area contributed by atoms with Gasteiger partial charge in [-0.25, -0.2) is 0 Å². The molecule has 0 aliphatic heterocycles. The van der Waals surface area contributed by atoms with Gasteiger partial charge in [0.25, 0.3) is 5.91 Å². The lowest BCUT2D eigenvalue weighted by molar-refractivity contribution is -0.130. The van der Waals surface area contributed by atoms with Gasteiger partial charge in [0.2, 0.25) is 5.91 Å². The van der Waals surface area contributed by atoms with Crippen molar-refractivity contribution in [1.29, 1.82) is 0 Å². The van der Waals surface area contributed by atoms with E-state index in [-0.39, 0.29) is 18.4 Å². The van der Waals surface area contributed by atoms with Gasteiger partial charge in [-0.2, -0.15) is 0 Å². The van der Waals surface area contributed by atoms with Crippen molar-refractivity contribution in [2.45, 2.75) is 33.6 Å². The first-order valence-corrected chi connectivity index (χ1v) is 7.21. The van der Waals surface area contributed by atoms with Gasteiger partial charge < -0.3 is 10.2 Å². The maximum atomic E-state index is 12.0. The van der Waals surface area contributed by atoms with Crippen molar-refractivity contribution < 1.29 is 9.59 Å². The molecule has 0 fully saturated rings. The number of nitrogens with one attached hydrogen (secondary N) is 1. The Morgan fingerprint density at radius 1 is 1.05 bits per heavy atom. The number of nitrogens with zero attached hydrogens (tertiary/aromatic N) is 1. The van der Waals surface area contributed by atoms with Gasteiger partial charge in [-0.1, -0.05) is 31.5 Å². The zero-order valence-corrected chi connectivity index (χ0v) is 12.6. The predicted molar refractivity (Wildman–Crippen MR) is 80.7 cm³/mol. The van der Waals surface area contributed by atoms with E-state index in [0.29, 0.717) is 5.56 Å². The van der Waals surface area contributed by atoms with Gasteiger partial charge >= 0.3 is 0 Å². The Kier molecular flexibility index (Phi) is 6.77. The summed E-state index contributed by atoms with van der Waals surface area (Å²) in [4.78, 5) is 25.7. The second kappa shape index (κ2) is 8.35. The highest BCUT2D eigenvalue weighted by Gasteiger charge is 2.13. The molecule has 20 heavy (non-hydrogen) atoms. The highest BCUT2D eigenvalue weighted by atomic mass is 16.2. The van der Waals surface area contributed by atoms with Crippen molar-refractivity contribution >= 4 is 11.8 Å². The van der Waals surface area contributed by atoms with Crippen molar-refractivity contribution in [2.24, 2.45) is 0 Å². The first-order chi connectivity index (χ1) is 9.58. The summed E-state index contributed by atoms with van der Waals surface area (Å²) in [6, 6.07) is 7.31. The van der Waals surface area contributed by atoms with E-state index in [1.165, 1.54) is 0 Å². The Hall–Kier alpha value is -1.84. The second-order valence-corrected chi connectivity index (χ2v) is 4.93. The van der Waals surface area contributed by atoms with Crippen LogP contribution >= 0.6 is 0 Å². The third-order valence-corrected chi connectivity index (χ3v) is 3.05.